The number of rotatable bonds is 10. The molecule has 0 bridgehead atoms. The van der Waals surface area contributed by atoms with Crippen LogP contribution in [0.15, 0.2) is 9.37 Å². The van der Waals surface area contributed by atoms with E-state index in [9.17, 15) is 42.7 Å². The SMILES string of the molecule is CCON(C(=O)O)c1[c]c(Br)c(N(OCC)C(=O)O)c(N(OCC)C(=O)O)c1S(=O)(=O)O. The van der Waals surface area contributed by atoms with E-state index in [1.165, 1.54) is 20.8 Å². The van der Waals surface area contributed by atoms with Crippen molar-refractivity contribution in [2.24, 2.45) is 0 Å². The molecular weight excluding hydrogens is 526 g/mol. The second-order valence-electron chi connectivity index (χ2n) is 5.27. The van der Waals surface area contributed by atoms with Gasteiger partial charge in [0.1, 0.15) is 22.0 Å². The Bertz CT molecular complexity index is 986. The summed E-state index contributed by atoms with van der Waals surface area (Å²) in [6, 6.07) is 2.22. The van der Waals surface area contributed by atoms with Crippen molar-refractivity contribution in [3.05, 3.63) is 10.5 Å². The molecule has 1 radical (unpaired) electrons. The molecule has 0 saturated carbocycles. The third-order valence-corrected chi connectivity index (χ3v) is 4.73. The molecule has 15 nitrogen and oxygen atoms in total. The minimum absolute atomic E-state index is 0.00109. The Morgan fingerprint density at radius 1 is 0.844 bits per heavy atom. The highest BCUT2D eigenvalue weighted by molar-refractivity contribution is 9.10. The van der Waals surface area contributed by atoms with Crippen LogP contribution in [0.5, 0.6) is 0 Å². The highest BCUT2D eigenvalue weighted by atomic mass is 79.9. The van der Waals surface area contributed by atoms with Crippen molar-refractivity contribution in [3.8, 4) is 0 Å². The quantitative estimate of drug-likeness (QED) is 0.248. The number of carboxylic acid groups (broad SMARTS) is 3. The van der Waals surface area contributed by atoms with Crippen LogP contribution in [0.3, 0.4) is 0 Å². The minimum Gasteiger partial charge on any atom is -0.463 e. The summed E-state index contributed by atoms with van der Waals surface area (Å²) in [5.74, 6) is 0. The van der Waals surface area contributed by atoms with Crippen molar-refractivity contribution in [2.75, 3.05) is 35.0 Å². The van der Waals surface area contributed by atoms with E-state index in [2.05, 4.69) is 22.0 Å². The summed E-state index contributed by atoms with van der Waals surface area (Å²) in [5, 5.41) is 28.6. The van der Waals surface area contributed by atoms with Gasteiger partial charge in [0.25, 0.3) is 10.1 Å². The summed E-state index contributed by atoms with van der Waals surface area (Å²) in [4.78, 5) is 48.6. The number of benzene rings is 1. The van der Waals surface area contributed by atoms with E-state index in [1.807, 2.05) is 0 Å². The first-order valence-electron chi connectivity index (χ1n) is 8.57. The number of hydrogen-bond acceptors (Lipinski definition) is 8. The number of anilines is 3. The lowest BCUT2D eigenvalue weighted by Gasteiger charge is -2.30. The summed E-state index contributed by atoms with van der Waals surface area (Å²) in [6.07, 6.45) is -5.63. The predicted molar refractivity (Wildman–Crippen MR) is 109 cm³/mol. The number of nitrogens with zero attached hydrogens (tertiary/aromatic N) is 3. The fourth-order valence-electron chi connectivity index (χ4n) is 2.34. The Morgan fingerprint density at radius 2 is 1.22 bits per heavy atom. The fraction of sp³-hybridized carbons (Fsp3) is 0.400. The lowest BCUT2D eigenvalue weighted by Crippen LogP contribution is -2.38. The molecule has 32 heavy (non-hydrogen) atoms. The van der Waals surface area contributed by atoms with E-state index in [0.717, 1.165) is 0 Å². The molecule has 0 unspecified atom stereocenters. The van der Waals surface area contributed by atoms with Gasteiger partial charge in [0.2, 0.25) is 0 Å². The van der Waals surface area contributed by atoms with Gasteiger partial charge in [-0.05, 0) is 36.7 Å². The zero-order valence-electron chi connectivity index (χ0n) is 16.8. The van der Waals surface area contributed by atoms with E-state index < -0.39 is 54.8 Å². The molecule has 1 rings (SSSR count). The highest BCUT2D eigenvalue weighted by Gasteiger charge is 2.39. The van der Waals surface area contributed by atoms with Crippen molar-refractivity contribution in [1.29, 1.82) is 0 Å². The smallest absolute Gasteiger partial charge is 0.436 e. The first-order chi connectivity index (χ1) is 14.8. The van der Waals surface area contributed by atoms with E-state index in [4.69, 9.17) is 14.5 Å². The molecule has 0 fully saturated rings. The van der Waals surface area contributed by atoms with Crippen molar-refractivity contribution < 1.29 is 57.2 Å². The van der Waals surface area contributed by atoms with Gasteiger partial charge < -0.3 is 15.3 Å². The molecule has 1 aromatic rings. The van der Waals surface area contributed by atoms with E-state index >= 15 is 0 Å². The zero-order chi connectivity index (χ0) is 24.8. The number of carbonyl (C=O) groups is 3. The molecule has 3 amide bonds. The van der Waals surface area contributed by atoms with Crippen LogP contribution in [0.25, 0.3) is 0 Å². The molecule has 179 valence electrons. The van der Waals surface area contributed by atoms with Gasteiger partial charge in [0.05, 0.1) is 24.3 Å². The molecule has 0 spiro atoms. The lowest BCUT2D eigenvalue weighted by atomic mass is 10.2. The summed E-state index contributed by atoms with van der Waals surface area (Å²) in [5.41, 5.74) is -2.89. The van der Waals surface area contributed by atoms with Crippen LogP contribution >= 0.6 is 15.9 Å². The molecule has 0 aliphatic carbocycles. The van der Waals surface area contributed by atoms with Gasteiger partial charge in [0, 0.05) is 6.07 Å². The maximum atomic E-state index is 12.3. The number of hydroxylamine groups is 3. The van der Waals surface area contributed by atoms with Gasteiger partial charge in [-0.1, -0.05) is 0 Å². The third-order valence-electron chi connectivity index (χ3n) is 3.25. The number of hydrogen-bond donors (Lipinski definition) is 4. The van der Waals surface area contributed by atoms with Crippen LogP contribution in [-0.4, -0.2) is 66.4 Å². The van der Waals surface area contributed by atoms with E-state index in [-0.39, 0.29) is 35.0 Å². The van der Waals surface area contributed by atoms with Gasteiger partial charge in [-0.15, -0.1) is 10.1 Å². The van der Waals surface area contributed by atoms with Crippen LogP contribution in [-0.2, 0) is 24.6 Å². The Hall–Kier alpha value is -2.70. The summed E-state index contributed by atoms with van der Waals surface area (Å²) >= 11 is 2.91. The molecule has 17 heteroatoms. The Labute approximate surface area is 190 Å². The number of amides is 3. The van der Waals surface area contributed by atoms with Crippen LogP contribution in [0.1, 0.15) is 20.8 Å². The predicted octanol–water partition coefficient (Wildman–Crippen LogP) is 2.80. The molecular formula is C15H19BrN3O12S. The van der Waals surface area contributed by atoms with E-state index in [0.29, 0.717) is 0 Å². The molecule has 1 aromatic carbocycles. The standard InChI is InChI=1S/C15H19BrN3O12S/c1-4-29-17(13(20)21)9-7-8(16)10(18(14(22)23)30-5-2)11(12(9)32(26,27)28)19(15(24)25)31-6-3/h4-6H2,1-3H3,(H,20,21)(H,22,23)(H,24,25)(H,26,27,28). The molecule has 0 aromatic heterocycles. The Morgan fingerprint density at radius 3 is 1.56 bits per heavy atom. The van der Waals surface area contributed by atoms with Crippen molar-refractivity contribution >= 4 is 61.4 Å². The highest BCUT2D eigenvalue weighted by Crippen LogP contribution is 2.47. The molecule has 4 N–H and O–H groups in total. The van der Waals surface area contributed by atoms with Crippen molar-refractivity contribution in [1.82, 2.24) is 0 Å². The molecule has 0 atom stereocenters. The average molecular weight is 545 g/mol. The maximum Gasteiger partial charge on any atom is 0.436 e. The average Bonchev–Trinajstić information content (AvgIpc) is 2.66. The Balaban J connectivity index is 4.34. The molecule has 0 saturated heterocycles. The van der Waals surface area contributed by atoms with Crippen LogP contribution < -0.4 is 15.2 Å². The van der Waals surface area contributed by atoms with Gasteiger partial charge >= 0.3 is 18.3 Å². The van der Waals surface area contributed by atoms with Gasteiger partial charge in [-0.2, -0.15) is 13.5 Å². The monoisotopic (exact) mass is 544 g/mol. The minimum atomic E-state index is -5.47. The number of halogens is 1. The van der Waals surface area contributed by atoms with E-state index in [1.54, 1.807) is 0 Å². The van der Waals surface area contributed by atoms with Crippen molar-refractivity contribution in [3.63, 3.8) is 0 Å². The normalized spacial score (nSPS) is 11.2. The molecule has 0 heterocycles. The third kappa shape index (κ3) is 5.96. The largest absolute Gasteiger partial charge is 0.463 e. The van der Waals surface area contributed by atoms with Crippen molar-refractivity contribution in [2.45, 2.75) is 25.7 Å². The summed E-state index contributed by atoms with van der Waals surface area (Å²) in [6.45, 7) is 3.13. The van der Waals surface area contributed by atoms with Gasteiger partial charge in [-0.25, -0.2) is 14.4 Å². The summed E-state index contributed by atoms with van der Waals surface area (Å²) < 4.78 is 34.1. The van der Waals surface area contributed by atoms with Crippen LogP contribution in [0.4, 0.5) is 31.4 Å². The molecule has 0 aliphatic heterocycles. The van der Waals surface area contributed by atoms with Crippen LogP contribution in [0.2, 0.25) is 0 Å². The lowest BCUT2D eigenvalue weighted by molar-refractivity contribution is 0.0936. The summed E-state index contributed by atoms with van der Waals surface area (Å²) in [7, 11) is -5.47. The maximum absolute atomic E-state index is 12.3. The molecule has 0 aliphatic rings. The fourth-order valence-corrected chi connectivity index (χ4v) is 3.68. The second kappa shape index (κ2) is 11.2. The topological polar surface area (TPSA) is 204 Å². The second-order valence-corrected chi connectivity index (χ2v) is 7.42. The Kier molecular flexibility index (Phi) is 9.61. The van der Waals surface area contributed by atoms with Gasteiger partial charge in [-0.3, -0.25) is 19.1 Å². The van der Waals surface area contributed by atoms with Crippen LogP contribution in [0, 0.1) is 6.07 Å². The zero-order valence-corrected chi connectivity index (χ0v) is 19.2. The first-order valence-corrected chi connectivity index (χ1v) is 10.8. The van der Waals surface area contributed by atoms with Gasteiger partial charge in [0.15, 0.2) is 0 Å². The first kappa shape index (κ1) is 27.3.